The Bertz CT molecular complexity index is 1260. The maximum Gasteiger partial charge on any atom is 0.304 e. The van der Waals surface area contributed by atoms with E-state index in [9.17, 15) is 23.1 Å². The molecule has 0 saturated carbocycles. The molecule has 0 bridgehead atoms. The van der Waals surface area contributed by atoms with Gasteiger partial charge in [-0.05, 0) is 47.2 Å². The van der Waals surface area contributed by atoms with Crippen molar-refractivity contribution in [2.45, 2.75) is 65.5 Å². The van der Waals surface area contributed by atoms with Crippen LogP contribution in [0, 0.1) is 10.8 Å². The monoisotopic (exact) mass is 567 g/mol. The lowest BCUT2D eigenvalue weighted by atomic mass is 9.66. The number of carbonyl (C=O) groups excluding carboxylic acids is 1. The van der Waals surface area contributed by atoms with Crippen molar-refractivity contribution in [3.8, 4) is 0 Å². The minimum atomic E-state index is -3.49. The number of piperidine rings is 1. The summed E-state index contributed by atoms with van der Waals surface area (Å²) in [6.45, 7) is 8.99. The van der Waals surface area contributed by atoms with Crippen molar-refractivity contribution in [2.24, 2.45) is 10.8 Å². The summed E-state index contributed by atoms with van der Waals surface area (Å²) in [6.07, 6.45) is -0.107. The lowest BCUT2D eigenvalue weighted by Crippen LogP contribution is -2.60. The zero-order valence-corrected chi connectivity index (χ0v) is 24.2. The molecule has 2 aromatic rings. The van der Waals surface area contributed by atoms with Crippen molar-refractivity contribution >= 4 is 44.9 Å². The van der Waals surface area contributed by atoms with Crippen molar-refractivity contribution in [3.05, 3.63) is 69.7 Å². The largest absolute Gasteiger partial charge is 0.481 e. The van der Waals surface area contributed by atoms with Gasteiger partial charge < -0.3 is 10.0 Å². The highest BCUT2D eigenvalue weighted by Crippen LogP contribution is 2.53. The van der Waals surface area contributed by atoms with Crippen LogP contribution in [0.25, 0.3) is 0 Å². The summed E-state index contributed by atoms with van der Waals surface area (Å²) >= 11 is 12.6. The molecule has 0 aliphatic carbocycles. The van der Waals surface area contributed by atoms with E-state index in [0.29, 0.717) is 10.0 Å². The summed E-state index contributed by atoms with van der Waals surface area (Å²) in [5, 5.41) is 10.8. The normalized spacial score (nSPS) is 23.6. The Morgan fingerprint density at radius 1 is 1.11 bits per heavy atom. The van der Waals surface area contributed by atoms with Crippen LogP contribution in [-0.4, -0.2) is 47.8 Å². The number of likely N-dealkylation sites (tertiary alicyclic amines) is 1. The average molecular weight is 569 g/mol. The van der Waals surface area contributed by atoms with Gasteiger partial charge in [-0.25, -0.2) is 8.42 Å². The SMILES string of the molecule is CCS(=O)(=O)CC(N1C(=O)[C@@](C)(CC(=O)O)C[C@H](c2cccc(Cl)c2)[C@H]1c1ccc(Cl)cc1)C(C)(C)C. The minimum absolute atomic E-state index is 0.0582. The quantitative estimate of drug-likeness (QED) is 0.399. The van der Waals surface area contributed by atoms with Crippen molar-refractivity contribution in [1.82, 2.24) is 4.90 Å². The molecule has 1 N–H and O–H groups in total. The van der Waals surface area contributed by atoms with Gasteiger partial charge in [0.1, 0.15) is 0 Å². The number of benzene rings is 2. The summed E-state index contributed by atoms with van der Waals surface area (Å²) in [6, 6.07) is 13.3. The lowest BCUT2D eigenvalue weighted by Gasteiger charge is -2.54. The van der Waals surface area contributed by atoms with Gasteiger partial charge in [0.2, 0.25) is 5.91 Å². The Morgan fingerprint density at radius 2 is 1.73 bits per heavy atom. The van der Waals surface area contributed by atoms with E-state index >= 15 is 0 Å². The highest BCUT2D eigenvalue weighted by Gasteiger charge is 2.54. The zero-order chi connectivity index (χ0) is 27.8. The first kappa shape index (κ1) is 29.5. The van der Waals surface area contributed by atoms with Crippen molar-refractivity contribution in [3.63, 3.8) is 0 Å². The van der Waals surface area contributed by atoms with Crippen LogP contribution in [0.5, 0.6) is 0 Å². The van der Waals surface area contributed by atoms with Crippen molar-refractivity contribution in [1.29, 1.82) is 0 Å². The number of amides is 1. The van der Waals surface area contributed by atoms with Crippen LogP contribution >= 0.6 is 23.2 Å². The zero-order valence-electron chi connectivity index (χ0n) is 21.9. The molecule has 3 rings (SSSR count). The molecular formula is C28H35Cl2NO5S. The number of carbonyl (C=O) groups is 2. The predicted octanol–water partition coefficient (Wildman–Crippen LogP) is 6.38. The molecule has 1 aliphatic rings. The highest BCUT2D eigenvalue weighted by atomic mass is 35.5. The van der Waals surface area contributed by atoms with E-state index in [2.05, 4.69) is 0 Å². The molecule has 1 saturated heterocycles. The molecule has 1 heterocycles. The third-order valence-corrected chi connectivity index (χ3v) is 9.51. The number of sulfone groups is 1. The van der Waals surface area contributed by atoms with Crippen LogP contribution in [-0.2, 0) is 19.4 Å². The molecule has 2 aromatic carbocycles. The van der Waals surface area contributed by atoms with Crippen molar-refractivity contribution in [2.75, 3.05) is 11.5 Å². The van der Waals surface area contributed by atoms with Crippen LogP contribution in [0.15, 0.2) is 48.5 Å². The van der Waals surface area contributed by atoms with Gasteiger partial charge in [0, 0.05) is 21.7 Å². The van der Waals surface area contributed by atoms with Gasteiger partial charge in [0.05, 0.1) is 29.7 Å². The molecule has 1 fully saturated rings. The fraction of sp³-hybridized carbons (Fsp3) is 0.500. The Kier molecular flexibility index (Phi) is 8.72. The Labute approximate surface area is 229 Å². The molecule has 1 amide bonds. The summed E-state index contributed by atoms with van der Waals surface area (Å²) in [7, 11) is -3.49. The second kappa shape index (κ2) is 11.0. The van der Waals surface area contributed by atoms with Crippen LogP contribution in [0.1, 0.15) is 70.5 Å². The van der Waals surface area contributed by atoms with E-state index in [1.54, 1.807) is 36.9 Å². The number of aliphatic carboxylic acids is 1. The number of hydrogen-bond acceptors (Lipinski definition) is 4. The summed E-state index contributed by atoms with van der Waals surface area (Å²) in [5.41, 5.74) is -0.222. The second-order valence-corrected chi connectivity index (χ2v) is 14.6. The van der Waals surface area contributed by atoms with E-state index in [1.165, 1.54) is 0 Å². The summed E-state index contributed by atoms with van der Waals surface area (Å²) in [5.74, 6) is -2.07. The van der Waals surface area contributed by atoms with Gasteiger partial charge in [-0.15, -0.1) is 0 Å². The van der Waals surface area contributed by atoms with Crippen LogP contribution in [0.2, 0.25) is 10.0 Å². The molecular weight excluding hydrogens is 533 g/mol. The van der Waals surface area contributed by atoms with Gasteiger partial charge in [-0.3, -0.25) is 9.59 Å². The number of carboxylic acids is 1. The van der Waals surface area contributed by atoms with E-state index < -0.39 is 38.7 Å². The fourth-order valence-corrected chi connectivity index (χ4v) is 7.03. The Balaban J connectivity index is 2.34. The van der Waals surface area contributed by atoms with E-state index in [4.69, 9.17) is 23.2 Å². The first-order valence-electron chi connectivity index (χ1n) is 12.3. The molecule has 37 heavy (non-hydrogen) atoms. The molecule has 1 aliphatic heterocycles. The van der Waals surface area contributed by atoms with Crippen LogP contribution in [0.4, 0.5) is 0 Å². The van der Waals surface area contributed by atoms with Gasteiger partial charge in [0.25, 0.3) is 0 Å². The standard InChI is InChI=1S/C28H35Cl2NO5S/c1-6-37(35,36)17-23(27(2,3)4)31-25(18-10-12-20(29)13-11-18)22(19-8-7-9-21(30)14-19)15-28(5,26(31)34)16-24(32)33/h7-14,22-23,25H,6,15-17H2,1-5H3,(H,32,33)/t22-,23?,25-,28-/m1/s1. The van der Waals surface area contributed by atoms with Crippen LogP contribution < -0.4 is 0 Å². The number of halogens is 2. The summed E-state index contributed by atoms with van der Waals surface area (Å²) < 4.78 is 25.9. The maximum atomic E-state index is 14.4. The van der Waals surface area contributed by atoms with E-state index in [0.717, 1.165) is 11.1 Å². The van der Waals surface area contributed by atoms with Crippen molar-refractivity contribution < 1.29 is 23.1 Å². The predicted molar refractivity (Wildman–Crippen MR) is 148 cm³/mol. The minimum Gasteiger partial charge on any atom is -0.481 e. The molecule has 1 unspecified atom stereocenters. The first-order chi connectivity index (χ1) is 17.1. The third kappa shape index (κ3) is 6.68. The molecule has 4 atom stereocenters. The molecule has 9 heteroatoms. The lowest BCUT2D eigenvalue weighted by molar-refractivity contribution is -0.162. The molecule has 0 aromatic heterocycles. The van der Waals surface area contributed by atoms with Gasteiger partial charge >= 0.3 is 5.97 Å². The first-order valence-corrected chi connectivity index (χ1v) is 14.9. The smallest absolute Gasteiger partial charge is 0.304 e. The Morgan fingerprint density at radius 3 is 2.24 bits per heavy atom. The molecule has 6 nitrogen and oxygen atoms in total. The molecule has 0 radical (unpaired) electrons. The number of rotatable bonds is 8. The third-order valence-electron chi connectivity index (χ3n) is 7.32. The maximum absolute atomic E-state index is 14.4. The highest BCUT2D eigenvalue weighted by molar-refractivity contribution is 7.91. The van der Waals surface area contributed by atoms with Gasteiger partial charge in [-0.1, -0.05) is 82.1 Å². The van der Waals surface area contributed by atoms with E-state index in [1.807, 2.05) is 51.1 Å². The van der Waals surface area contributed by atoms with E-state index in [-0.39, 0.29) is 36.2 Å². The Hall–Kier alpha value is -2.09. The fourth-order valence-electron chi connectivity index (χ4n) is 5.33. The van der Waals surface area contributed by atoms with Gasteiger partial charge in [-0.2, -0.15) is 0 Å². The second-order valence-electron chi connectivity index (χ2n) is 11.3. The van der Waals surface area contributed by atoms with Gasteiger partial charge in [0.15, 0.2) is 9.84 Å². The number of hydrogen-bond donors (Lipinski definition) is 1. The molecule has 0 spiro atoms. The number of nitrogens with zero attached hydrogens (tertiary/aromatic N) is 1. The van der Waals surface area contributed by atoms with Crippen LogP contribution in [0.3, 0.4) is 0 Å². The topological polar surface area (TPSA) is 91.8 Å². The number of carboxylic acid groups (broad SMARTS) is 1. The molecule has 202 valence electrons. The summed E-state index contributed by atoms with van der Waals surface area (Å²) in [4.78, 5) is 28.0. The average Bonchev–Trinajstić information content (AvgIpc) is 2.79.